The molecule has 2 aromatic heterocycles. The van der Waals surface area contributed by atoms with E-state index in [2.05, 4.69) is 15.0 Å². The van der Waals surface area contributed by atoms with Crippen LogP contribution in [0.25, 0.3) is 23.4 Å². The van der Waals surface area contributed by atoms with Gasteiger partial charge in [-0.1, -0.05) is 12.1 Å². The molecule has 0 radical (unpaired) electrons. The molecule has 0 fully saturated rings. The van der Waals surface area contributed by atoms with Crippen LogP contribution in [0.3, 0.4) is 0 Å². The molecule has 4 aromatic rings. The third-order valence-electron chi connectivity index (χ3n) is 4.00. The molecule has 2 aromatic carbocycles. The first-order valence-corrected chi connectivity index (χ1v) is 10.4. The number of nitrogens with zero attached hydrogens (tertiary/aromatic N) is 4. The van der Waals surface area contributed by atoms with Crippen LogP contribution in [0.5, 0.6) is 0 Å². The predicted molar refractivity (Wildman–Crippen MR) is 116 cm³/mol. The summed E-state index contributed by atoms with van der Waals surface area (Å²) < 4.78 is 13.1. The molecule has 0 aliphatic carbocycles. The van der Waals surface area contributed by atoms with Crippen molar-refractivity contribution in [3.8, 4) is 11.3 Å². The van der Waals surface area contributed by atoms with Crippen LogP contribution in [0.1, 0.15) is 10.6 Å². The lowest BCUT2D eigenvalue weighted by Gasteiger charge is -2.02. The highest BCUT2D eigenvalue weighted by molar-refractivity contribution is 7.99. The first kappa shape index (κ1) is 19.9. The van der Waals surface area contributed by atoms with Gasteiger partial charge in [-0.05, 0) is 59.8 Å². The average Bonchev–Trinajstić information content (AvgIpc) is 3.23. The molecular weight excluding hydrogens is 423 g/mol. The number of benzene rings is 2. The number of hydrogen-bond donors (Lipinski definition) is 0. The lowest BCUT2D eigenvalue weighted by molar-refractivity contribution is -0.387. The molecule has 0 spiro atoms. The lowest BCUT2D eigenvalue weighted by atomic mass is 10.2. The van der Waals surface area contributed by atoms with Crippen molar-refractivity contribution in [3.05, 3.63) is 92.8 Å². The van der Waals surface area contributed by atoms with E-state index >= 15 is 0 Å². The normalized spacial score (nSPS) is 11.1. The Bertz CT molecular complexity index is 1210. The summed E-state index contributed by atoms with van der Waals surface area (Å²) in [6.45, 7) is 0. The van der Waals surface area contributed by atoms with E-state index in [1.54, 1.807) is 54.9 Å². The molecule has 0 bridgehead atoms. The zero-order valence-corrected chi connectivity index (χ0v) is 16.9. The Morgan fingerprint density at radius 1 is 1.07 bits per heavy atom. The minimum Gasteiger partial charge on any atom is -0.258 e. The summed E-state index contributed by atoms with van der Waals surface area (Å²) in [5, 5.41) is 14.6. The zero-order chi connectivity index (χ0) is 20.9. The van der Waals surface area contributed by atoms with Gasteiger partial charge in [0, 0.05) is 29.4 Å². The van der Waals surface area contributed by atoms with E-state index in [0.717, 1.165) is 28.0 Å². The molecule has 0 saturated heterocycles. The SMILES string of the molecule is O=[N+]([O-])c1cc(/C=C\c2nc(-c3ccc(F)cc3)cs2)ccc1Sc1ncccn1. The van der Waals surface area contributed by atoms with Crippen molar-refractivity contribution < 1.29 is 9.31 Å². The summed E-state index contributed by atoms with van der Waals surface area (Å²) in [5.41, 5.74) is 2.24. The lowest BCUT2D eigenvalue weighted by Crippen LogP contribution is -1.93. The van der Waals surface area contributed by atoms with Crippen LogP contribution in [-0.4, -0.2) is 19.9 Å². The van der Waals surface area contributed by atoms with Crippen molar-refractivity contribution in [2.24, 2.45) is 0 Å². The highest BCUT2D eigenvalue weighted by Gasteiger charge is 2.16. The van der Waals surface area contributed by atoms with E-state index < -0.39 is 4.92 Å². The van der Waals surface area contributed by atoms with E-state index in [0.29, 0.717) is 15.6 Å². The van der Waals surface area contributed by atoms with Gasteiger partial charge in [0.15, 0.2) is 5.16 Å². The first-order chi connectivity index (χ1) is 14.6. The molecule has 0 aliphatic rings. The number of thiazole rings is 1. The fourth-order valence-corrected chi connectivity index (χ4v) is 4.11. The zero-order valence-electron chi connectivity index (χ0n) is 15.3. The van der Waals surface area contributed by atoms with Crippen LogP contribution in [0.4, 0.5) is 10.1 Å². The van der Waals surface area contributed by atoms with E-state index in [4.69, 9.17) is 0 Å². The van der Waals surface area contributed by atoms with Crippen molar-refractivity contribution in [1.29, 1.82) is 0 Å². The maximum Gasteiger partial charge on any atom is 0.283 e. The highest BCUT2D eigenvalue weighted by Crippen LogP contribution is 2.34. The first-order valence-electron chi connectivity index (χ1n) is 8.71. The van der Waals surface area contributed by atoms with Crippen molar-refractivity contribution in [3.63, 3.8) is 0 Å². The number of nitro benzene ring substituents is 1. The average molecular weight is 436 g/mol. The number of halogens is 1. The van der Waals surface area contributed by atoms with Crippen molar-refractivity contribution in [2.45, 2.75) is 10.1 Å². The Balaban J connectivity index is 1.54. The van der Waals surface area contributed by atoms with Gasteiger partial charge < -0.3 is 0 Å². The predicted octanol–water partition coefficient (Wildman–Crippen LogP) is 5.97. The smallest absolute Gasteiger partial charge is 0.258 e. The Hall–Kier alpha value is -3.43. The van der Waals surface area contributed by atoms with E-state index in [1.165, 1.54) is 29.5 Å². The highest BCUT2D eigenvalue weighted by atomic mass is 32.2. The fourth-order valence-electron chi connectivity index (χ4n) is 2.59. The molecule has 0 unspecified atom stereocenters. The minimum absolute atomic E-state index is 0.0132. The van der Waals surface area contributed by atoms with Gasteiger partial charge in [0.25, 0.3) is 5.69 Å². The van der Waals surface area contributed by atoms with Crippen molar-refractivity contribution >= 4 is 40.9 Å². The molecule has 0 N–H and O–H groups in total. The van der Waals surface area contributed by atoms with Crippen LogP contribution in [0, 0.1) is 15.9 Å². The second-order valence-corrected chi connectivity index (χ2v) is 7.93. The Labute approximate surface area is 179 Å². The molecule has 0 aliphatic heterocycles. The summed E-state index contributed by atoms with van der Waals surface area (Å²) in [6.07, 6.45) is 6.75. The molecule has 0 saturated carbocycles. The standard InChI is InChI=1S/C21H13FN4O2S2/c22-16-6-4-15(5-7-16)17-13-29-20(25-17)9-3-14-2-8-19(18(12-14)26(27)28)30-21-23-10-1-11-24-21/h1-13H/b9-3-. The van der Waals surface area contributed by atoms with Gasteiger partial charge in [0.2, 0.25) is 0 Å². The summed E-state index contributed by atoms with van der Waals surface area (Å²) in [4.78, 5) is 24.3. The Morgan fingerprint density at radius 2 is 1.83 bits per heavy atom. The van der Waals surface area contributed by atoms with Crippen molar-refractivity contribution in [2.75, 3.05) is 0 Å². The van der Waals surface area contributed by atoms with Gasteiger partial charge >= 0.3 is 0 Å². The molecule has 148 valence electrons. The molecule has 6 nitrogen and oxygen atoms in total. The Kier molecular flexibility index (Phi) is 5.92. The summed E-state index contributed by atoms with van der Waals surface area (Å²) in [5.74, 6) is -0.295. The fraction of sp³-hybridized carbons (Fsp3) is 0. The van der Waals surface area contributed by atoms with Crippen molar-refractivity contribution in [1.82, 2.24) is 15.0 Å². The van der Waals surface area contributed by atoms with Gasteiger partial charge in [-0.15, -0.1) is 11.3 Å². The number of nitro groups is 1. The van der Waals surface area contributed by atoms with Gasteiger partial charge in [-0.2, -0.15) is 0 Å². The van der Waals surface area contributed by atoms with Gasteiger partial charge in [0.05, 0.1) is 15.5 Å². The second kappa shape index (κ2) is 8.93. The summed E-state index contributed by atoms with van der Waals surface area (Å²) >= 11 is 2.58. The summed E-state index contributed by atoms with van der Waals surface area (Å²) in [7, 11) is 0. The van der Waals surface area contributed by atoms with E-state index in [9.17, 15) is 14.5 Å². The van der Waals surface area contributed by atoms with Crippen LogP contribution < -0.4 is 0 Å². The Morgan fingerprint density at radius 3 is 2.57 bits per heavy atom. The van der Waals surface area contributed by atoms with E-state index in [1.807, 2.05) is 5.38 Å². The molecular formula is C21H13FN4O2S2. The largest absolute Gasteiger partial charge is 0.283 e. The molecule has 9 heteroatoms. The monoisotopic (exact) mass is 436 g/mol. The van der Waals surface area contributed by atoms with Gasteiger partial charge in [-0.25, -0.2) is 19.3 Å². The van der Waals surface area contributed by atoms with Crippen LogP contribution >= 0.6 is 23.1 Å². The number of aromatic nitrogens is 3. The minimum atomic E-state index is -0.418. The summed E-state index contributed by atoms with van der Waals surface area (Å²) in [6, 6.07) is 12.8. The van der Waals surface area contributed by atoms with Crippen LogP contribution in [0.2, 0.25) is 0 Å². The number of hydrogen-bond acceptors (Lipinski definition) is 7. The molecule has 30 heavy (non-hydrogen) atoms. The third kappa shape index (κ3) is 4.76. The quantitative estimate of drug-likeness (QED) is 0.210. The maximum atomic E-state index is 13.1. The molecule has 0 atom stereocenters. The second-order valence-electron chi connectivity index (χ2n) is 6.03. The van der Waals surface area contributed by atoms with Crippen LogP contribution in [0.15, 0.2) is 76.4 Å². The van der Waals surface area contributed by atoms with Crippen LogP contribution in [-0.2, 0) is 0 Å². The van der Waals surface area contributed by atoms with Gasteiger partial charge in [-0.3, -0.25) is 10.1 Å². The third-order valence-corrected chi connectivity index (χ3v) is 5.77. The number of rotatable bonds is 6. The van der Waals surface area contributed by atoms with Gasteiger partial charge in [0.1, 0.15) is 10.8 Å². The maximum absolute atomic E-state index is 13.1. The molecule has 4 rings (SSSR count). The molecule has 2 heterocycles. The topological polar surface area (TPSA) is 81.8 Å². The molecule has 0 amide bonds. The van der Waals surface area contributed by atoms with E-state index in [-0.39, 0.29) is 11.5 Å².